The fourth-order valence-electron chi connectivity index (χ4n) is 3.91. The van der Waals surface area contributed by atoms with Crippen molar-refractivity contribution in [2.45, 2.75) is 35.1 Å². The van der Waals surface area contributed by atoms with E-state index in [0.29, 0.717) is 0 Å². The lowest BCUT2D eigenvalue weighted by Gasteiger charge is -2.26. The summed E-state index contributed by atoms with van der Waals surface area (Å²) in [6.45, 7) is 3.37. The number of amides is 1. The minimum Gasteiger partial charge on any atom is -0.399 e. The molecule has 2 aromatic carbocycles. The summed E-state index contributed by atoms with van der Waals surface area (Å²) >= 11 is 1.67. The molecule has 3 fully saturated rings. The molecule has 136 valence electrons. The summed E-state index contributed by atoms with van der Waals surface area (Å²) in [4.78, 5) is 17.4. The van der Waals surface area contributed by atoms with Gasteiger partial charge >= 0.3 is 0 Å². The number of nitrogens with zero attached hydrogens (tertiary/aromatic N) is 1. The summed E-state index contributed by atoms with van der Waals surface area (Å²) in [6, 6.07) is 16.0. The molecule has 26 heavy (non-hydrogen) atoms. The number of nitrogens with two attached hydrogens (primary N) is 1. The maximum Gasteiger partial charge on any atom is 0.251 e. The van der Waals surface area contributed by atoms with E-state index < -0.39 is 0 Å². The second kappa shape index (κ2) is 7.72. The van der Waals surface area contributed by atoms with Crippen LogP contribution in [0.1, 0.15) is 29.6 Å². The van der Waals surface area contributed by atoms with Gasteiger partial charge in [-0.2, -0.15) is 0 Å². The molecule has 3 aliphatic heterocycles. The first-order valence-electron chi connectivity index (χ1n) is 9.32. The van der Waals surface area contributed by atoms with Gasteiger partial charge in [0.2, 0.25) is 0 Å². The molecule has 0 aliphatic carbocycles. The van der Waals surface area contributed by atoms with Gasteiger partial charge in [0.15, 0.2) is 0 Å². The number of hydrogen-bond donors (Lipinski definition) is 2. The van der Waals surface area contributed by atoms with E-state index in [4.69, 9.17) is 5.73 Å². The molecule has 1 atom stereocenters. The van der Waals surface area contributed by atoms with Crippen LogP contribution in [0.5, 0.6) is 0 Å². The molecule has 3 saturated heterocycles. The number of carbonyl (C=O) groups is 1. The molecule has 0 spiro atoms. The lowest BCUT2D eigenvalue weighted by atomic mass is 9.94. The minimum atomic E-state index is 0.0431. The third-order valence-electron chi connectivity index (χ3n) is 5.37. The van der Waals surface area contributed by atoms with Gasteiger partial charge < -0.3 is 16.0 Å². The Morgan fingerprint density at radius 1 is 1.00 bits per heavy atom. The highest BCUT2D eigenvalue weighted by atomic mass is 32.2. The zero-order chi connectivity index (χ0) is 17.9. The first-order chi connectivity index (χ1) is 12.7. The van der Waals surface area contributed by atoms with Crippen molar-refractivity contribution in [2.24, 2.45) is 5.92 Å². The number of carbonyl (C=O) groups excluding carboxylic acids is 1. The van der Waals surface area contributed by atoms with Crippen LogP contribution in [0.15, 0.2) is 58.3 Å². The Kier molecular flexibility index (Phi) is 5.18. The lowest BCUT2D eigenvalue weighted by molar-refractivity contribution is 0.0928. The molecule has 0 radical (unpaired) electrons. The number of piperidine rings is 1. The third-order valence-corrected chi connectivity index (χ3v) is 6.39. The Labute approximate surface area is 159 Å². The fourth-order valence-corrected chi connectivity index (χ4v) is 4.73. The molecule has 3 heterocycles. The second-order valence-electron chi connectivity index (χ2n) is 7.35. The van der Waals surface area contributed by atoms with Gasteiger partial charge in [-0.3, -0.25) is 4.79 Å². The van der Waals surface area contributed by atoms with Crippen LogP contribution in [-0.4, -0.2) is 36.5 Å². The first-order valence-corrected chi connectivity index (χ1v) is 10.1. The van der Waals surface area contributed by atoms with Crippen LogP contribution in [0.2, 0.25) is 0 Å². The van der Waals surface area contributed by atoms with Crippen LogP contribution in [-0.2, 0) is 0 Å². The number of hydrogen-bond acceptors (Lipinski definition) is 4. The predicted octanol–water partition coefficient (Wildman–Crippen LogP) is 3.63. The van der Waals surface area contributed by atoms with Gasteiger partial charge in [-0.25, -0.2) is 0 Å². The Balaban J connectivity index is 1.37. The van der Waals surface area contributed by atoms with Gasteiger partial charge in [-0.05, 0) is 86.8 Å². The molecule has 4 nitrogen and oxygen atoms in total. The number of benzene rings is 2. The van der Waals surface area contributed by atoms with Crippen LogP contribution in [0, 0.1) is 5.92 Å². The number of fused-ring (bicyclic) bond motifs is 4. The Morgan fingerprint density at radius 2 is 1.62 bits per heavy atom. The van der Waals surface area contributed by atoms with Crippen molar-refractivity contribution in [1.29, 1.82) is 0 Å². The second-order valence-corrected chi connectivity index (χ2v) is 8.49. The van der Waals surface area contributed by atoms with E-state index in [1.165, 1.54) is 25.9 Å². The standard InChI is InChI=1S/C21H25N3OS/c22-17-3-7-20(8-4-17)26-19-5-1-16(2-6-19)21(25)23-18-13-15-9-11-24(14-18)12-10-15/h1-8,15,18H,9-14,22H2,(H,23,25). The summed E-state index contributed by atoms with van der Waals surface area (Å²) in [5.74, 6) is 0.819. The molecular formula is C21H25N3OS. The first kappa shape index (κ1) is 17.4. The lowest BCUT2D eigenvalue weighted by Crippen LogP contribution is -2.41. The van der Waals surface area contributed by atoms with Crippen molar-refractivity contribution in [3.63, 3.8) is 0 Å². The highest BCUT2D eigenvalue weighted by molar-refractivity contribution is 7.99. The van der Waals surface area contributed by atoms with Crippen molar-refractivity contribution in [3.05, 3.63) is 54.1 Å². The Bertz CT molecular complexity index is 738. The Hall–Kier alpha value is -1.98. The molecule has 2 aromatic rings. The summed E-state index contributed by atoms with van der Waals surface area (Å²) in [7, 11) is 0. The molecule has 5 rings (SSSR count). The molecule has 5 heteroatoms. The van der Waals surface area contributed by atoms with Gasteiger partial charge in [-0.15, -0.1) is 0 Å². The SMILES string of the molecule is Nc1ccc(Sc2ccc(C(=O)NC3CC4CCN(CC4)C3)cc2)cc1. The zero-order valence-corrected chi connectivity index (χ0v) is 15.7. The summed E-state index contributed by atoms with van der Waals surface area (Å²) in [6.07, 6.45) is 3.68. The van der Waals surface area contributed by atoms with Crippen LogP contribution in [0.3, 0.4) is 0 Å². The number of nitrogens with one attached hydrogen (secondary N) is 1. The molecule has 1 unspecified atom stereocenters. The zero-order valence-electron chi connectivity index (χ0n) is 14.9. The smallest absolute Gasteiger partial charge is 0.251 e. The Morgan fingerprint density at radius 3 is 2.27 bits per heavy atom. The number of anilines is 1. The number of nitrogen functional groups attached to an aromatic ring is 1. The van der Waals surface area contributed by atoms with Crippen LogP contribution in [0.4, 0.5) is 5.69 Å². The topological polar surface area (TPSA) is 58.4 Å². The molecule has 1 amide bonds. The van der Waals surface area contributed by atoms with E-state index in [-0.39, 0.29) is 11.9 Å². The van der Waals surface area contributed by atoms with E-state index in [2.05, 4.69) is 10.2 Å². The molecule has 2 bridgehead atoms. The van der Waals surface area contributed by atoms with Crippen LogP contribution >= 0.6 is 11.8 Å². The van der Waals surface area contributed by atoms with Crippen LogP contribution in [0.25, 0.3) is 0 Å². The molecule has 0 aromatic heterocycles. The summed E-state index contributed by atoms with van der Waals surface area (Å²) < 4.78 is 0. The highest BCUT2D eigenvalue weighted by Gasteiger charge is 2.29. The predicted molar refractivity (Wildman–Crippen MR) is 106 cm³/mol. The van der Waals surface area contributed by atoms with Gasteiger partial charge in [0.05, 0.1) is 0 Å². The fraction of sp³-hybridized carbons (Fsp3) is 0.381. The largest absolute Gasteiger partial charge is 0.399 e. The van der Waals surface area contributed by atoms with E-state index >= 15 is 0 Å². The van der Waals surface area contributed by atoms with Crippen molar-refractivity contribution in [1.82, 2.24) is 10.2 Å². The maximum absolute atomic E-state index is 12.6. The maximum atomic E-state index is 12.6. The number of rotatable bonds is 4. The van der Waals surface area contributed by atoms with Crippen molar-refractivity contribution in [3.8, 4) is 0 Å². The van der Waals surface area contributed by atoms with Crippen molar-refractivity contribution >= 4 is 23.4 Å². The molecule has 3 N–H and O–H groups in total. The average molecular weight is 368 g/mol. The van der Waals surface area contributed by atoms with E-state index in [0.717, 1.165) is 39.9 Å². The quantitative estimate of drug-likeness (QED) is 0.810. The van der Waals surface area contributed by atoms with E-state index in [1.54, 1.807) is 11.8 Å². The monoisotopic (exact) mass is 367 g/mol. The minimum absolute atomic E-state index is 0.0431. The summed E-state index contributed by atoms with van der Waals surface area (Å²) in [5, 5.41) is 3.25. The van der Waals surface area contributed by atoms with Crippen LogP contribution < -0.4 is 11.1 Å². The molecular weight excluding hydrogens is 342 g/mol. The van der Waals surface area contributed by atoms with Gasteiger partial charge in [-0.1, -0.05) is 11.8 Å². The third kappa shape index (κ3) is 4.22. The van der Waals surface area contributed by atoms with Gasteiger partial charge in [0.25, 0.3) is 5.91 Å². The van der Waals surface area contributed by atoms with Gasteiger partial charge in [0, 0.05) is 33.6 Å². The van der Waals surface area contributed by atoms with Crippen molar-refractivity contribution in [2.75, 3.05) is 25.4 Å². The normalized spacial score (nSPS) is 24.8. The summed E-state index contributed by atoms with van der Waals surface area (Å²) in [5.41, 5.74) is 7.23. The highest BCUT2D eigenvalue weighted by Crippen LogP contribution is 2.29. The average Bonchev–Trinajstić information content (AvgIpc) is 2.96. The molecule has 3 aliphatic rings. The van der Waals surface area contributed by atoms with Gasteiger partial charge in [0.1, 0.15) is 0 Å². The van der Waals surface area contributed by atoms with E-state index in [9.17, 15) is 4.79 Å². The molecule has 0 saturated carbocycles. The van der Waals surface area contributed by atoms with Crippen molar-refractivity contribution < 1.29 is 4.79 Å². The van der Waals surface area contributed by atoms with E-state index in [1.807, 2.05) is 48.5 Å².